The van der Waals surface area contributed by atoms with Crippen LogP contribution in [0.3, 0.4) is 0 Å². The largest absolute Gasteiger partial charge is 0.0622 e. The molecule has 0 unspecified atom stereocenters. The van der Waals surface area contributed by atoms with Crippen molar-refractivity contribution in [2.75, 3.05) is 0 Å². The zero-order chi connectivity index (χ0) is 11.4. The summed E-state index contributed by atoms with van der Waals surface area (Å²) >= 11 is 0. The fourth-order valence-corrected chi connectivity index (χ4v) is 1.99. The van der Waals surface area contributed by atoms with Crippen LogP contribution >= 0.6 is 0 Å². The van der Waals surface area contributed by atoms with E-state index in [2.05, 4.69) is 62.4 Å². The normalized spacial score (nSPS) is 10.4. The predicted molar refractivity (Wildman–Crippen MR) is 69.8 cm³/mol. The maximum Gasteiger partial charge on any atom is -0.00231 e. The molecule has 0 atom stereocenters. The van der Waals surface area contributed by atoms with Gasteiger partial charge in [0.1, 0.15) is 0 Å². The molecular formula is C16H18. The lowest BCUT2D eigenvalue weighted by Gasteiger charge is -2.07. The van der Waals surface area contributed by atoms with Gasteiger partial charge in [-0.15, -0.1) is 0 Å². The van der Waals surface area contributed by atoms with E-state index in [1.807, 2.05) is 0 Å². The highest BCUT2D eigenvalue weighted by Crippen LogP contribution is 2.15. The summed E-state index contributed by atoms with van der Waals surface area (Å²) in [5.74, 6) is 0. The van der Waals surface area contributed by atoms with Crippen LogP contribution in [0.15, 0.2) is 48.5 Å². The van der Waals surface area contributed by atoms with Crippen LogP contribution in [0.1, 0.15) is 29.2 Å². The molecule has 0 N–H and O–H groups in total. The molecule has 0 saturated carbocycles. The van der Waals surface area contributed by atoms with Gasteiger partial charge in [0.15, 0.2) is 0 Å². The van der Waals surface area contributed by atoms with E-state index in [1.54, 1.807) is 0 Å². The standard InChI is InChI=1S/C16H18/c1-3-14-9-10-16(13(2)11-14)12-15-7-5-4-6-8-15/h4-11H,3,12H2,1-2H3. The maximum absolute atomic E-state index is 2.30. The third kappa shape index (κ3) is 2.52. The molecule has 0 saturated heterocycles. The van der Waals surface area contributed by atoms with E-state index in [-0.39, 0.29) is 0 Å². The molecule has 0 aromatic heterocycles. The van der Waals surface area contributed by atoms with Crippen LogP contribution in [-0.4, -0.2) is 0 Å². The van der Waals surface area contributed by atoms with Crippen LogP contribution in [-0.2, 0) is 12.8 Å². The fraction of sp³-hybridized carbons (Fsp3) is 0.250. The summed E-state index contributed by atoms with van der Waals surface area (Å²) in [5.41, 5.74) is 5.65. The average Bonchev–Trinajstić information content (AvgIpc) is 2.33. The second-order valence-corrected chi connectivity index (χ2v) is 4.28. The van der Waals surface area contributed by atoms with Crippen LogP contribution in [0.4, 0.5) is 0 Å². The Morgan fingerprint density at radius 1 is 0.875 bits per heavy atom. The highest BCUT2D eigenvalue weighted by atomic mass is 14.1. The Bertz CT molecular complexity index is 455. The van der Waals surface area contributed by atoms with Gasteiger partial charge in [0.25, 0.3) is 0 Å². The average molecular weight is 210 g/mol. The number of aryl methyl sites for hydroxylation is 2. The molecule has 82 valence electrons. The summed E-state index contributed by atoms with van der Waals surface area (Å²) in [7, 11) is 0. The van der Waals surface area contributed by atoms with Crippen molar-refractivity contribution in [3.63, 3.8) is 0 Å². The van der Waals surface area contributed by atoms with Gasteiger partial charge in [-0.2, -0.15) is 0 Å². The van der Waals surface area contributed by atoms with E-state index in [0.29, 0.717) is 0 Å². The maximum atomic E-state index is 2.30. The first-order chi connectivity index (χ1) is 7.79. The van der Waals surface area contributed by atoms with Gasteiger partial charge < -0.3 is 0 Å². The van der Waals surface area contributed by atoms with E-state index >= 15 is 0 Å². The first kappa shape index (κ1) is 10.9. The highest BCUT2D eigenvalue weighted by Gasteiger charge is 2.00. The van der Waals surface area contributed by atoms with E-state index in [1.165, 1.54) is 22.3 Å². The third-order valence-electron chi connectivity index (χ3n) is 3.05. The van der Waals surface area contributed by atoms with Crippen molar-refractivity contribution in [1.82, 2.24) is 0 Å². The summed E-state index contributed by atoms with van der Waals surface area (Å²) in [6.07, 6.45) is 2.16. The minimum absolute atomic E-state index is 1.04. The molecule has 2 aromatic rings. The summed E-state index contributed by atoms with van der Waals surface area (Å²) < 4.78 is 0. The molecule has 0 fully saturated rings. The highest BCUT2D eigenvalue weighted by molar-refractivity contribution is 5.35. The monoisotopic (exact) mass is 210 g/mol. The van der Waals surface area contributed by atoms with E-state index in [0.717, 1.165) is 12.8 Å². The molecule has 2 aromatic carbocycles. The molecule has 16 heavy (non-hydrogen) atoms. The first-order valence-corrected chi connectivity index (χ1v) is 5.92. The molecule has 2 rings (SSSR count). The molecule has 0 amide bonds. The van der Waals surface area contributed by atoms with Crippen molar-refractivity contribution >= 4 is 0 Å². The zero-order valence-corrected chi connectivity index (χ0v) is 10.0. The van der Waals surface area contributed by atoms with Crippen LogP contribution < -0.4 is 0 Å². The van der Waals surface area contributed by atoms with Crippen LogP contribution in [0.2, 0.25) is 0 Å². The van der Waals surface area contributed by atoms with Gasteiger partial charge in [-0.1, -0.05) is 55.5 Å². The Hall–Kier alpha value is -1.56. The Balaban J connectivity index is 2.22. The summed E-state index contributed by atoms with van der Waals surface area (Å²) in [6.45, 7) is 4.41. The molecule has 0 nitrogen and oxygen atoms in total. The predicted octanol–water partition coefficient (Wildman–Crippen LogP) is 4.15. The van der Waals surface area contributed by atoms with E-state index in [4.69, 9.17) is 0 Å². The first-order valence-electron chi connectivity index (χ1n) is 5.92. The second-order valence-electron chi connectivity index (χ2n) is 4.28. The Labute approximate surface area is 97.9 Å². The van der Waals surface area contributed by atoms with Gasteiger partial charge in [-0.3, -0.25) is 0 Å². The summed E-state index contributed by atoms with van der Waals surface area (Å²) in [4.78, 5) is 0. The minimum atomic E-state index is 1.04. The van der Waals surface area contributed by atoms with Crippen molar-refractivity contribution in [2.45, 2.75) is 26.7 Å². The fourth-order valence-electron chi connectivity index (χ4n) is 1.99. The van der Waals surface area contributed by atoms with Crippen molar-refractivity contribution in [3.05, 3.63) is 70.8 Å². The van der Waals surface area contributed by atoms with Gasteiger partial charge in [0.2, 0.25) is 0 Å². The van der Waals surface area contributed by atoms with Crippen molar-refractivity contribution in [3.8, 4) is 0 Å². The van der Waals surface area contributed by atoms with Gasteiger partial charge in [0.05, 0.1) is 0 Å². The zero-order valence-electron chi connectivity index (χ0n) is 10.0. The number of hydrogen-bond acceptors (Lipinski definition) is 0. The van der Waals surface area contributed by atoms with Crippen molar-refractivity contribution < 1.29 is 0 Å². The lowest BCUT2D eigenvalue weighted by molar-refractivity contribution is 1.10. The smallest absolute Gasteiger partial charge is 0.00231 e. The van der Waals surface area contributed by atoms with Gasteiger partial charge in [-0.25, -0.2) is 0 Å². The molecule has 0 bridgehead atoms. The molecule has 0 aliphatic carbocycles. The van der Waals surface area contributed by atoms with Gasteiger partial charge in [0, 0.05) is 0 Å². The van der Waals surface area contributed by atoms with Crippen LogP contribution in [0.5, 0.6) is 0 Å². The quantitative estimate of drug-likeness (QED) is 0.714. The topological polar surface area (TPSA) is 0 Å². The minimum Gasteiger partial charge on any atom is -0.0622 e. The van der Waals surface area contributed by atoms with E-state index < -0.39 is 0 Å². The molecule has 0 heteroatoms. The second kappa shape index (κ2) is 4.98. The Morgan fingerprint density at radius 2 is 1.62 bits per heavy atom. The Kier molecular flexibility index (Phi) is 3.40. The third-order valence-corrected chi connectivity index (χ3v) is 3.05. The van der Waals surface area contributed by atoms with Crippen LogP contribution in [0.25, 0.3) is 0 Å². The van der Waals surface area contributed by atoms with Crippen molar-refractivity contribution in [2.24, 2.45) is 0 Å². The SMILES string of the molecule is CCc1ccc(Cc2ccccc2)c(C)c1. The summed E-state index contributed by atoms with van der Waals surface area (Å²) in [5, 5.41) is 0. The molecule has 0 radical (unpaired) electrons. The number of hydrogen-bond donors (Lipinski definition) is 0. The molecule has 0 aliphatic rings. The molecule has 0 aliphatic heterocycles. The van der Waals surface area contributed by atoms with Gasteiger partial charge in [-0.05, 0) is 42.0 Å². The molecule has 0 heterocycles. The van der Waals surface area contributed by atoms with Crippen LogP contribution in [0, 0.1) is 6.92 Å². The lowest BCUT2D eigenvalue weighted by atomic mass is 9.98. The lowest BCUT2D eigenvalue weighted by Crippen LogP contribution is -1.93. The number of benzene rings is 2. The summed E-state index contributed by atoms with van der Waals surface area (Å²) in [6, 6.07) is 17.5. The Morgan fingerprint density at radius 3 is 2.25 bits per heavy atom. The molecular weight excluding hydrogens is 192 g/mol. The van der Waals surface area contributed by atoms with Crippen molar-refractivity contribution in [1.29, 1.82) is 0 Å². The molecule has 0 spiro atoms. The van der Waals surface area contributed by atoms with E-state index in [9.17, 15) is 0 Å². The number of rotatable bonds is 3. The van der Waals surface area contributed by atoms with Gasteiger partial charge >= 0.3 is 0 Å².